The quantitative estimate of drug-likeness (QED) is 0.685. The molecule has 0 bridgehead atoms. The van der Waals surface area contributed by atoms with Gasteiger partial charge in [0.2, 0.25) is 0 Å². The van der Waals surface area contributed by atoms with Crippen LogP contribution in [0, 0.1) is 20.8 Å². The van der Waals surface area contributed by atoms with Gasteiger partial charge in [-0.05, 0) is 32.4 Å². The molecule has 1 rings (SSSR count). The highest BCUT2D eigenvalue weighted by atomic mass is 14.7. The fourth-order valence-corrected chi connectivity index (χ4v) is 1.15. The summed E-state index contributed by atoms with van der Waals surface area (Å²) < 4.78 is 0. The third-order valence-corrected chi connectivity index (χ3v) is 2.00. The van der Waals surface area contributed by atoms with Gasteiger partial charge in [0.15, 0.2) is 0 Å². The lowest BCUT2D eigenvalue weighted by molar-refractivity contribution is 1.08. The molecule has 0 saturated carbocycles. The first-order valence-electron chi connectivity index (χ1n) is 3.92. The summed E-state index contributed by atoms with van der Waals surface area (Å²) in [5, 5.41) is 0. The lowest BCUT2D eigenvalue weighted by atomic mass is 10.1. The van der Waals surface area contributed by atoms with Crippen LogP contribution < -0.4 is 5.73 Å². The van der Waals surface area contributed by atoms with Crippen LogP contribution in [0.2, 0.25) is 0 Å². The number of nitrogens with zero attached hydrogens (tertiary/aromatic N) is 1. The zero-order valence-corrected chi connectivity index (χ0v) is 7.81. The van der Waals surface area contributed by atoms with Gasteiger partial charge in [0.25, 0.3) is 0 Å². The Kier molecular flexibility index (Phi) is 2.18. The second-order valence-electron chi connectivity index (χ2n) is 3.05. The lowest BCUT2D eigenvalue weighted by Crippen LogP contribution is -2.01. The zero-order valence-electron chi connectivity index (χ0n) is 7.81. The molecule has 1 heterocycles. The summed E-state index contributed by atoms with van der Waals surface area (Å²) in [4.78, 5) is 4.35. The molecule has 0 aliphatic heterocycles. The number of pyridine rings is 1. The molecule has 64 valence electrons. The van der Waals surface area contributed by atoms with Gasteiger partial charge in [-0.25, -0.2) is 0 Å². The van der Waals surface area contributed by atoms with Crippen molar-refractivity contribution < 1.29 is 0 Å². The summed E-state index contributed by atoms with van der Waals surface area (Å²) in [6.07, 6.45) is 0. The molecule has 1 aromatic rings. The number of hydrogen-bond acceptors (Lipinski definition) is 2. The first-order valence-corrected chi connectivity index (χ1v) is 3.92. The van der Waals surface area contributed by atoms with E-state index >= 15 is 0 Å². The van der Waals surface area contributed by atoms with Gasteiger partial charge in [0, 0.05) is 22.6 Å². The van der Waals surface area contributed by atoms with Gasteiger partial charge in [-0.1, -0.05) is 6.58 Å². The minimum atomic E-state index is 0.586. The molecule has 2 heteroatoms. The Bertz CT molecular complexity index is 327. The van der Waals surface area contributed by atoms with Crippen molar-refractivity contribution in [2.24, 2.45) is 5.73 Å². The molecule has 0 fully saturated rings. The summed E-state index contributed by atoms with van der Waals surface area (Å²) in [5.74, 6) is 0. The standard InChI is InChI=1S/C10H14N2/c1-6-5-10(7(2)11)9(4)12-8(6)3/h5H,2,11H2,1,3-4H3. The van der Waals surface area contributed by atoms with E-state index < -0.39 is 0 Å². The third-order valence-electron chi connectivity index (χ3n) is 2.00. The van der Waals surface area contributed by atoms with Crippen LogP contribution in [0.25, 0.3) is 5.70 Å². The van der Waals surface area contributed by atoms with Gasteiger partial charge in [-0.15, -0.1) is 0 Å². The first kappa shape index (κ1) is 8.78. The summed E-state index contributed by atoms with van der Waals surface area (Å²) in [6.45, 7) is 9.65. The minimum Gasteiger partial charge on any atom is -0.399 e. The second kappa shape index (κ2) is 2.97. The average molecular weight is 162 g/mol. The highest BCUT2D eigenvalue weighted by molar-refractivity contribution is 5.62. The molecule has 0 unspecified atom stereocenters. The molecule has 0 atom stereocenters. The third kappa shape index (κ3) is 1.47. The highest BCUT2D eigenvalue weighted by Crippen LogP contribution is 2.15. The van der Waals surface area contributed by atoms with E-state index in [4.69, 9.17) is 5.73 Å². The number of aromatic nitrogens is 1. The largest absolute Gasteiger partial charge is 0.399 e. The number of nitrogens with two attached hydrogens (primary N) is 1. The molecule has 2 N–H and O–H groups in total. The van der Waals surface area contributed by atoms with Gasteiger partial charge >= 0.3 is 0 Å². The smallest absolute Gasteiger partial charge is 0.0468 e. The fraction of sp³-hybridized carbons (Fsp3) is 0.300. The molecular formula is C10H14N2. The fourth-order valence-electron chi connectivity index (χ4n) is 1.15. The van der Waals surface area contributed by atoms with Crippen molar-refractivity contribution in [2.75, 3.05) is 0 Å². The van der Waals surface area contributed by atoms with E-state index in [0.29, 0.717) is 5.70 Å². The predicted octanol–water partition coefficient (Wildman–Crippen LogP) is 1.94. The van der Waals surface area contributed by atoms with Crippen LogP contribution in [0.5, 0.6) is 0 Å². The minimum absolute atomic E-state index is 0.586. The summed E-state index contributed by atoms with van der Waals surface area (Å²) in [6, 6.07) is 2.03. The van der Waals surface area contributed by atoms with Gasteiger partial charge in [0.1, 0.15) is 0 Å². The molecule has 1 aromatic heterocycles. The number of rotatable bonds is 1. The molecular weight excluding hydrogens is 148 g/mol. The molecule has 0 aliphatic rings. The van der Waals surface area contributed by atoms with Crippen LogP contribution in [0.1, 0.15) is 22.5 Å². The van der Waals surface area contributed by atoms with Crippen LogP contribution >= 0.6 is 0 Å². The topological polar surface area (TPSA) is 38.9 Å². The summed E-state index contributed by atoms with van der Waals surface area (Å²) in [5.41, 5.74) is 10.3. The maximum atomic E-state index is 5.60. The van der Waals surface area contributed by atoms with E-state index in [-0.39, 0.29) is 0 Å². The Hall–Kier alpha value is -1.31. The van der Waals surface area contributed by atoms with Crippen LogP contribution in [0.3, 0.4) is 0 Å². The molecule has 0 saturated heterocycles. The molecule has 0 radical (unpaired) electrons. The Morgan fingerprint density at radius 3 is 2.42 bits per heavy atom. The average Bonchev–Trinajstić information content (AvgIpc) is 1.96. The Labute approximate surface area is 73.1 Å². The SMILES string of the molecule is C=C(N)c1cc(C)c(C)nc1C. The lowest BCUT2D eigenvalue weighted by Gasteiger charge is -2.07. The molecule has 2 nitrogen and oxygen atoms in total. The van der Waals surface area contributed by atoms with Crippen molar-refractivity contribution in [1.82, 2.24) is 4.98 Å². The number of aryl methyl sites for hydroxylation is 3. The second-order valence-corrected chi connectivity index (χ2v) is 3.05. The maximum absolute atomic E-state index is 5.60. The van der Waals surface area contributed by atoms with Gasteiger partial charge in [0.05, 0.1) is 0 Å². The highest BCUT2D eigenvalue weighted by Gasteiger charge is 2.03. The van der Waals surface area contributed by atoms with Gasteiger partial charge < -0.3 is 5.73 Å². The molecule has 0 aromatic carbocycles. The first-order chi connectivity index (χ1) is 5.52. The van der Waals surface area contributed by atoms with E-state index in [1.807, 2.05) is 26.8 Å². The van der Waals surface area contributed by atoms with E-state index in [0.717, 1.165) is 22.5 Å². The zero-order chi connectivity index (χ0) is 9.30. The van der Waals surface area contributed by atoms with E-state index in [1.54, 1.807) is 0 Å². The Balaban J connectivity index is 3.33. The van der Waals surface area contributed by atoms with Crippen LogP contribution in [0.15, 0.2) is 12.6 Å². The molecule has 0 aliphatic carbocycles. The van der Waals surface area contributed by atoms with Crippen LogP contribution in [-0.4, -0.2) is 4.98 Å². The van der Waals surface area contributed by atoms with E-state index in [1.165, 1.54) is 0 Å². The predicted molar refractivity (Wildman–Crippen MR) is 51.7 cm³/mol. The van der Waals surface area contributed by atoms with Crippen molar-refractivity contribution in [1.29, 1.82) is 0 Å². The van der Waals surface area contributed by atoms with Crippen LogP contribution in [-0.2, 0) is 0 Å². The van der Waals surface area contributed by atoms with Crippen molar-refractivity contribution in [3.05, 3.63) is 35.2 Å². The Morgan fingerprint density at radius 1 is 1.33 bits per heavy atom. The number of hydrogen-bond donors (Lipinski definition) is 1. The molecule has 0 spiro atoms. The van der Waals surface area contributed by atoms with Crippen LogP contribution in [0.4, 0.5) is 0 Å². The maximum Gasteiger partial charge on any atom is 0.0468 e. The molecule has 0 amide bonds. The monoisotopic (exact) mass is 162 g/mol. The van der Waals surface area contributed by atoms with Crippen molar-refractivity contribution >= 4 is 5.70 Å². The Morgan fingerprint density at radius 2 is 1.92 bits per heavy atom. The normalized spacial score (nSPS) is 9.92. The summed E-state index contributed by atoms with van der Waals surface area (Å²) in [7, 11) is 0. The van der Waals surface area contributed by atoms with Crippen molar-refractivity contribution in [2.45, 2.75) is 20.8 Å². The van der Waals surface area contributed by atoms with E-state index in [2.05, 4.69) is 11.6 Å². The summed E-state index contributed by atoms with van der Waals surface area (Å²) >= 11 is 0. The van der Waals surface area contributed by atoms with Gasteiger partial charge in [-0.3, -0.25) is 4.98 Å². The van der Waals surface area contributed by atoms with E-state index in [9.17, 15) is 0 Å². The van der Waals surface area contributed by atoms with Crippen molar-refractivity contribution in [3.63, 3.8) is 0 Å². The molecule has 12 heavy (non-hydrogen) atoms. The van der Waals surface area contributed by atoms with Crippen molar-refractivity contribution in [3.8, 4) is 0 Å². The van der Waals surface area contributed by atoms with Gasteiger partial charge in [-0.2, -0.15) is 0 Å².